The highest BCUT2D eigenvalue weighted by molar-refractivity contribution is 6.31. The molecule has 4 N–H and O–H groups in total. The Morgan fingerprint density at radius 2 is 2.00 bits per heavy atom. The van der Waals surface area contributed by atoms with E-state index < -0.39 is 17.8 Å². The number of aliphatic hydroxyl groups is 1. The molecule has 1 amide bonds. The number of amides is 1. The van der Waals surface area contributed by atoms with Crippen LogP contribution in [0.2, 0.25) is 5.02 Å². The van der Waals surface area contributed by atoms with E-state index in [0.717, 1.165) is 23.9 Å². The summed E-state index contributed by atoms with van der Waals surface area (Å²) in [5, 5.41) is 14.8. The SMILES string of the molecule is CCN(CC)CC(O)CNC(=O)c1ccc(C#Cc2c(N)ncc3ccc(Cl)cc23)cc1F. The number of nitrogens with one attached hydrogen (secondary N) is 1. The second-order valence-electron chi connectivity index (χ2n) is 7.54. The summed E-state index contributed by atoms with van der Waals surface area (Å²) in [6.45, 7) is 6.05. The summed E-state index contributed by atoms with van der Waals surface area (Å²) in [5.41, 5.74) is 6.75. The number of halogens is 2. The van der Waals surface area contributed by atoms with E-state index in [4.69, 9.17) is 17.3 Å². The first-order chi connectivity index (χ1) is 15.8. The molecule has 1 heterocycles. The van der Waals surface area contributed by atoms with Crippen LogP contribution in [0.1, 0.15) is 35.3 Å². The summed E-state index contributed by atoms with van der Waals surface area (Å²) < 4.78 is 14.6. The molecule has 1 atom stereocenters. The summed E-state index contributed by atoms with van der Waals surface area (Å²) in [7, 11) is 0. The average Bonchev–Trinajstić information content (AvgIpc) is 2.80. The molecule has 3 aromatic rings. The van der Waals surface area contributed by atoms with Crippen molar-refractivity contribution in [2.45, 2.75) is 20.0 Å². The zero-order chi connectivity index (χ0) is 24.0. The van der Waals surface area contributed by atoms with Crippen LogP contribution in [0, 0.1) is 17.7 Å². The van der Waals surface area contributed by atoms with Crippen LogP contribution >= 0.6 is 11.6 Å². The number of fused-ring (bicyclic) bond motifs is 1. The summed E-state index contributed by atoms with van der Waals surface area (Å²) in [4.78, 5) is 18.5. The van der Waals surface area contributed by atoms with Crippen molar-refractivity contribution in [1.29, 1.82) is 0 Å². The van der Waals surface area contributed by atoms with Crippen molar-refractivity contribution in [2.75, 3.05) is 31.9 Å². The maximum Gasteiger partial charge on any atom is 0.254 e. The Bertz CT molecular complexity index is 1210. The number of rotatable bonds is 7. The van der Waals surface area contributed by atoms with Gasteiger partial charge in [-0.2, -0.15) is 0 Å². The minimum Gasteiger partial charge on any atom is -0.390 e. The lowest BCUT2D eigenvalue weighted by atomic mass is 10.1. The smallest absolute Gasteiger partial charge is 0.254 e. The summed E-state index contributed by atoms with van der Waals surface area (Å²) in [6, 6.07) is 9.44. The number of benzene rings is 2. The number of carbonyl (C=O) groups excluding carboxylic acids is 1. The van der Waals surface area contributed by atoms with Gasteiger partial charge in [-0.1, -0.05) is 43.4 Å². The maximum absolute atomic E-state index is 14.6. The first kappa shape index (κ1) is 24.5. The molecule has 172 valence electrons. The van der Waals surface area contributed by atoms with Crippen molar-refractivity contribution < 1.29 is 14.3 Å². The van der Waals surface area contributed by atoms with Gasteiger partial charge in [-0.25, -0.2) is 9.37 Å². The minimum atomic E-state index is -0.740. The van der Waals surface area contributed by atoms with Gasteiger partial charge in [0.1, 0.15) is 11.6 Å². The first-order valence-corrected chi connectivity index (χ1v) is 11.0. The molecule has 0 aliphatic rings. The van der Waals surface area contributed by atoms with E-state index in [0.29, 0.717) is 22.7 Å². The fraction of sp³-hybridized carbons (Fsp3) is 0.280. The Labute approximate surface area is 197 Å². The molecule has 0 saturated heterocycles. The number of nitrogens with two attached hydrogens (primary N) is 1. The number of likely N-dealkylation sites (N-methyl/N-ethyl adjacent to an activating group) is 1. The number of hydrogen-bond donors (Lipinski definition) is 3. The van der Waals surface area contributed by atoms with Crippen LogP contribution in [0.4, 0.5) is 10.2 Å². The van der Waals surface area contributed by atoms with E-state index in [1.165, 1.54) is 12.1 Å². The van der Waals surface area contributed by atoms with Crippen molar-refractivity contribution in [3.8, 4) is 11.8 Å². The molecule has 2 aromatic carbocycles. The van der Waals surface area contributed by atoms with Gasteiger partial charge in [-0.3, -0.25) is 4.79 Å². The van der Waals surface area contributed by atoms with Gasteiger partial charge in [0.25, 0.3) is 5.91 Å². The highest BCUT2D eigenvalue weighted by atomic mass is 35.5. The number of aromatic nitrogens is 1. The lowest BCUT2D eigenvalue weighted by Gasteiger charge is -2.22. The molecule has 0 radical (unpaired) electrons. The Hall–Kier alpha value is -3.18. The number of nitrogen functional groups attached to an aromatic ring is 1. The first-order valence-electron chi connectivity index (χ1n) is 10.7. The second-order valence-corrected chi connectivity index (χ2v) is 7.98. The van der Waals surface area contributed by atoms with Crippen LogP contribution < -0.4 is 11.1 Å². The molecule has 0 aliphatic carbocycles. The van der Waals surface area contributed by atoms with Crippen molar-refractivity contribution >= 4 is 34.1 Å². The third-order valence-electron chi connectivity index (χ3n) is 5.29. The average molecular weight is 469 g/mol. The molecule has 0 bridgehead atoms. The highest BCUT2D eigenvalue weighted by Gasteiger charge is 2.15. The van der Waals surface area contributed by atoms with Gasteiger partial charge in [0.05, 0.1) is 17.2 Å². The molecule has 0 fully saturated rings. The molecule has 6 nitrogen and oxygen atoms in total. The van der Waals surface area contributed by atoms with Crippen LogP contribution in [-0.2, 0) is 0 Å². The summed E-state index contributed by atoms with van der Waals surface area (Å²) >= 11 is 6.10. The molecule has 0 spiro atoms. The number of nitrogens with zero attached hydrogens (tertiary/aromatic N) is 2. The summed E-state index contributed by atoms with van der Waals surface area (Å²) in [5.74, 6) is 4.77. The Balaban J connectivity index is 1.74. The van der Waals surface area contributed by atoms with Crippen LogP contribution in [0.15, 0.2) is 42.6 Å². The van der Waals surface area contributed by atoms with Crippen molar-refractivity contribution in [3.63, 3.8) is 0 Å². The molecular weight excluding hydrogens is 443 g/mol. The second kappa shape index (κ2) is 11.1. The van der Waals surface area contributed by atoms with Gasteiger partial charge in [-0.15, -0.1) is 0 Å². The van der Waals surface area contributed by atoms with E-state index in [2.05, 4.69) is 22.1 Å². The monoisotopic (exact) mass is 468 g/mol. The predicted octanol–water partition coefficient (Wildman–Crippen LogP) is 3.44. The zero-order valence-electron chi connectivity index (χ0n) is 18.5. The van der Waals surface area contributed by atoms with E-state index >= 15 is 0 Å². The number of pyridine rings is 1. The topological polar surface area (TPSA) is 91.5 Å². The van der Waals surface area contributed by atoms with Gasteiger partial charge in [0.2, 0.25) is 0 Å². The third-order valence-corrected chi connectivity index (χ3v) is 5.53. The van der Waals surface area contributed by atoms with Crippen LogP contribution in [0.3, 0.4) is 0 Å². The minimum absolute atomic E-state index is 0.0340. The van der Waals surface area contributed by atoms with Crippen LogP contribution in [0.5, 0.6) is 0 Å². The lowest BCUT2D eigenvalue weighted by Crippen LogP contribution is -2.40. The molecule has 0 aliphatic heterocycles. The van der Waals surface area contributed by atoms with Crippen LogP contribution in [-0.4, -0.2) is 53.2 Å². The van der Waals surface area contributed by atoms with Crippen molar-refractivity contribution in [1.82, 2.24) is 15.2 Å². The number of hydrogen-bond acceptors (Lipinski definition) is 5. The van der Waals surface area contributed by atoms with Gasteiger partial charge in [0, 0.05) is 40.6 Å². The standard InChI is InChI=1S/C25H26ClFN4O2/c1-3-31(4-2)15-19(32)14-30-25(33)21-10-6-16(11-23(21)27)5-9-20-22-12-18(26)8-7-17(22)13-29-24(20)28/h6-8,10-13,19,32H,3-4,14-15H2,1-2H3,(H2,28,29)(H,30,33). The fourth-order valence-electron chi connectivity index (χ4n) is 3.39. The third kappa shape index (κ3) is 6.20. The largest absolute Gasteiger partial charge is 0.390 e. The molecule has 3 rings (SSSR count). The summed E-state index contributed by atoms with van der Waals surface area (Å²) in [6.07, 6.45) is 0.897. The zero-order valence-corrected chi connectivity index (χ0v) is 19.3. The van der Waals surface area contributed by atoms with Crippen molar-refractivity contribution in [2.24, 2.45) is 0 Å². The molecule has 0 saturated carbocycles. The molecular formula is C25H26ClFN4O2. The quantitative estimate of drug-likeness (QED) is 0.462. The number of anilines is 1. The number of carbonyl (C=O) groups is 1. The Kier molecular flexibility index (Phi) is 8.23. The maximum atomic E-state index is 14.6. The van der Waals surface area contributed by atoms with E-state index in [1.54, 1.807) is 24.4 Å². The molecule has 33 heavy (non-hydrogen) atoms. The van der Waals surface area contributed by atoms with Gasteiger partial charge < -0.3 is 21.1 Å². The Morgan fingerprint density at radius 1 is 1.24 bits per heavy atom. The highest BCUT2D eigenvalue weighted by Crippen LogP contribution is 2.25. The molecule has 8 heteroatoms. The van der Waals surface area contributed by atoms with Crippen molar-refractivity contribution in [3.05, 3.63) is 70.1 Å². The molecule has 1 aromatic heterocycles. The van der Waals surface area contributed by atoms with E-state index in [-0.39, 0.29) is 17.9 Å². The molecule has 1 unspecified atom stereocenters. The van der Waals surface area contributed by atoms with Crippen LogP contribution in [0.25, 0.3) is 10.8 Å². The predicted molar refractivity (Wildman–Crippen MR) is 130 cm³/mol. The fourth-order valence-corrected chi connectivity index (χ4v) is 3.56. The van der Waals surface area contributed by atoms with Gasteiger partial charge >= 0.3 is 0 Å². The normalized spacial score (nSPS) is 11.8. The number of aliphatic hydroxyl groups excluding tert-OH is 1. The van der Waals surface area contributed by atoms with Gasteiger partial charge in [-0.05, 0) is 43.4 Å². The Morgan fingerprint density at radius 3 is 2.70 bits per heavy atom. The van der Waals surface area contributed by atoms with E-state index in [9.17, 15) is 14.3 Å². The van der Waals surface area contributed by atoms with E-state index in [1.807, 2.05) is 24.8 Å². The van der Waals surface area contributed by atoms with Gasteiger partial charge in [0.15, 0.2) is 0 Å². The lowest BCUT2D eigenvalue weighted by molar-refractivity contribution is 0.0866.